The van der Waals surface area contributed by atoms with Crippen LogP contribution in [0.5, 0.6) is 5.88 Å². The first-order valence-electron chi connectivity index (χ1n) is 5.79. The molecule has 0 radical (unpaired) electrons. The van der Waals surface area contributed by atoms with Crippen LogP contribution in [0, 0.1) is 0 Å². The molecule has 1 aromatic rings. The third kappa shape index (κ3) is 2.80. The minimum absolute atomic E-state index is 0.130. The number of hydrogen-bond donors (Lipinski definition) is 1. The van der Waals surface area contributed by atoms with Crippen LogP contribution in [0.1, 0.15) is 23.2 Å². The molecule has 0 atom stereocenters. The first-order chi connectivity index (χ1) is 9.73. The van der Waals surface area contributed by atoms with Crippen LogP contribution in [0.4, 0.5) is 8.78 Å². The van der Waals surface area contributed by atoms with Gasteiger partial charge in [0, 0.05) is 6.07 Å². The number of carbonyl (C=O) groups excluding carboxylic acids is 1. The first kappa shape index (κ1) is 15.9. The van der Waals surface area contributed by atoms with Crippen LogP contribution in [0.2, 0.25) is 5.15 Å². The number of hydrogen-bond acceptors (Lipinski definition) is 5. The lowest BCUT2D eigenvalue weighted by Gasteiger charge is -2.16. The Morgan fingerprint density at radius 1 is 1.48 bits per heavy atom. The summed E-state index contributed by atoms with van der Waals surface area (Å²) in [6.45, 7) is 0. The summed E-state index contributed by atoms with van der Waals surface area (Å²) in [5, 5.41) is -0.288. The molecule has 2 rings (SSSR count). The van der Waals surface area contributed by atoms with Crippen molar-refractivity contribution in [2.24, 2.45) is 0 Å². The Hall–Kier alpha value is -1.48. The molecule has 1 heterocycles. The van der Waals surface area contributed by atoms with Crippen LogP contribution in [-0.4, -0.2) is 37.6 Å². The molecule has 1 amide bonds. The number of alkyl halides is 2. The van der Waals surface area contributed by atoms with E-state index in [-0.39, 0.29) is 29.4 Å². The lowest BCUT2D eigenvalue weighted by atomic mass is 10.3. The van der Waals surface area contributed by atoms with E-state index < -0.39 is 27.1 Å². The molecule has 0 spiro atoms. The average molecular weight is 341 g/mol. The van der Waals surface area contributed by atoms with E-state index in [0.29, 0.717) is 0 Å². The van der Waals surface area contributed by atoms with Crippen molar-refractivity contribution < 1.29 is 26.7 Å². The minimum atomic E-state index is -4.50. The lowest BCUT2D eigenvalue weighted by Crippen LogP contribution is -2.43. The van der Waals surface area contributed by atoms with Crippen LogP contribution < -0.4 is 9.46 Å². The number of carbonyl (C=O) groups is 1. The maximum absolute atomic E-state index is 12.8. The van der Waals surface area contributed by atoms with Gasteiger partial charge in [0.1, 0.15) is 5.15 Å². The van der Waals surface area contributed by atoms with E-state index in [9.17, 15) is 22.0 Å². The van der Waals surface area contributed by atoms with E-state index in [2.05, 4.69) is 4.98 Å². The van der Waals surface area contributed by atoms with Crippen molar-refractivity contribution in [3.63, 3.8) is 0 Å². The van der Waals surface area contributed by atoms with Crippen molar-refractivity contribution in [2.45, 2.75) is 24.0 Å². The van der Waals surface area contributed by atoms with Gasteiger partial charge in [0.15, 0.2) is 4.75 Å². The first-order valence-corrected chi connectivity index (χ1v) is 7.65. The zero-order chi connectivity index (χ0) is 15.8. The fourth-order valence-electron chi connectivity index (χ4n) is 1.71. The summed E-state index contributed by atoms with van der Waals surface area (Å²) >= 11 is 5.73. The highest BCUT2D eigenvalue weighted by Crippen LogP contribution is 2.47. The van der Waals surface area contributed by atoms with Crippen molar-refractivity contribution in [3.8, 4) is 5.88 Å². The predicted octanol–water partition coefficient (Wildman–Crippen LogP) is 1.60. The van der Waals surface area contributed by atoms with E-state index in [1.807, 2.05) is 0 Å². The number of nitrogens with zero attached hydrogens (tertiary/aromatic N) is 1. The van der Waals surface area contributed by atoms with Gasteiger partial charge < -0.3 is 4.74 Å². The molecule has 1 N–H and O–H groups in total. The molecular weight excluding hydrogens is 330 g/mol. The molecule has 0 saturated heterocycles. The molecule has 1 saturated carbocycles. The molecule has 1 fully saturated rings. The summed E-state index contributed by atoms with van der Waals surface area (Å²) in [6, 6.07) is 2.49. The normalized spacial score (nSPS) is 16.6. The Kier molecular flexibility index (Phi) is 4.07. The summed E-state index contributed by atoms with van der Waals surface area (Å²) in [5.74, 6) is -0.979. The van der Waals surface area contributed by atoms with Gasteiger partial charge in [-0.3, -0.25) is 4.79 Å². The molecule has 21 heavy (non-hydrogen) atoms. The van der Waals surface area contributed by atoms with Gasteiger partial charge >= 0.3 is 0 Å². The smallest absolute Gasteiger partial charge is 0.267 e. The Balaban J connectivity index is 2.23. The molecule has 116 valence electrons. The summed E-state index contributed by atoms with van der Waals surface area (Å²) < 4.78 is 53.6. The standard InChI is InChI=1S/C11H11ClF2N2O4S/c1-20-7-3-2-6(8(12)15-7)9(17)16-21(18,19)11(4-5-11)10(13)14/h2-3,10H,4-5H2,1H3,(H,16,17). The molecule has 0 bridgehead atoms. The van der Waals surface area contributed by atoms with Crippen molar-refractivity contribution >= 4 is 27.5 Å². The molecular formula is C11H11ClF2N2O4S. The number of rotatable bonds is 5. The van der Waals surface area contributed by atoms with Gasteiger partial charge in [-0.1, -0.05) is 11.6 Å². The Morgan fingerprint density at radius 2 is 2.10 bits per heavy atom. The highest BCUT2D eigenvalue weighted by molar-refractivity contribution is 7.91. The third-order valence-corrected chi connectivity index (χ3v) is 5.58. The summed E-state index contributed by atoms with van der Waals surface area (Å²) in [6.07, 6.45) is -3.45. The molecule has 1 aliphatic carbocycles. The van der Waals surface area contributed by atoms with Crippen molar-refractivity contribution in [1.29, 1.82) is 0 Å². The largest absolute Gasteiger partial charge is 0.481 e. The minimum Gasteiger partial charge on any atom is -0.481 e. The number of halogens is 3. The number of ether oxygens (including phenoxy) is 1. The van der Waals surface area contributed by atoms with E-state index in [0.717, 1.165) is 0 Å². The molecule has 10 heteroatoms. The second kappa shape index (κ2) is 5.38. The zero-order valence-electron chi connectivity index (χ0n) is 10.8. The van der Waals surface area contributed by atoms with Gasteiger partial charge in [0.05, 0.1) is 12.7 Å². The van der Waals surface area contributed by atoms with Crippen LogP contribution in [0.3, 0.4) is 0 Å². The second-order valence-electron chi connectivity index (χ2n) is 4.49. The number of sulfonamides is 1. The predicted molar refractivity (Wildman–Crippen MR) is 70.2 cm³/mol. The summed E-state index contributed by atoms with van der Waals surface area (Å²) in [5.41, 5.74) is -0.244. The van der Waals surface area contributed by atoms with E-state index in [1.54, 1.807) is 4.72 Å². The average Bonchev–Trinajstić information content (AvgIpc) is 3.19. The Labute approximate surface area is 124 Å². The number of pyridine rings is 1. The van der Waals surface area contributed by atoms with Gasteiger partial charge in [0.2, 0.25) is 15.9 Å². The Morgan fingerprint density at radius 3 is 2.52 bits per heavy atom. The van der Waals surface area contributed by atoms with E-state index in [1.165, 1.54) is 19.2 Å². The van der Waals surface area contributed by atoms with Crippen molar-refractivity contribution in [3.05, 3.63) is 22.8 Å². The molecule has 0 unspecified atom stereocenters. The fraction of sp³-hybridized carbons (Fsp3) is 0.455. The van der Waals surface area contributed by atoms with Crippen molar-refractivity contribution in [1.82, 2.24) is 9.71 Å². The molecule has 6 nitrogen and oxygen atoms in total. The highest BCUT2D eigenvalue weighted by Gasteiger charge is 2.62. The van der Waals surface area contributed by atoms with Gasteiger partial charge in [-0.15, -0.1) is 0 Å². The number of aromatic nitrogens is 1. The lowest BCUT2D eigenvalue weighted by molar-refractivity contribution is 0.0977. The molecule has 1 aliphatic rings. The SMILES string of the molecule is COc1ccc(C(=O)NS(=O)(=O)C2(C(F)F)CC2)c(Cl)n1. The maximum atomic E-state index is 12.8. The number of methoxy groups -OCH3 is 1. The number of amides is 1. The third-order valence-electron chi connectivity index (χ3n) is 3.18. The van der Waals surface area contributed by atoms with Gasteiger partial charge in [0.25, 0.3) is 12.3 Å². The number of nitrogens with one attached hydrogen (secondary N) is 1. The van der Waals surface area contributed by atoms with Crippen LogP contribution in [0.15, 0.2) is 12.1 Å². The van der Waals surface area contributed by atoms with Crippen LogP contribution in [-0.2, 0) is 10.0 Å². The summed E-state index contributed by atoms with van der Waals surface area (Å²) in [7, 11) is -3.16. The molecule has 0 aliphatic heterocycles. The zero-order valence-corrected chi connectivity index (χ0v) is 12.3. The van der Waals surface area contributed by atoms with Crippen LogP contribution in [0.25, 0.3) is 0 Å². The Bertz CT molecular complexity index is 677. The molecule has 1 aromatic heterocycles. The highest BCUT2D eigenvalue weighted by atomic mass is 35.5. The quantitative estimate of drug-likeness (QED) is 0.823. The second-order valence-corrected chi connectivity index (χ2v) is 6.87. The van der Waals surface area contributed by atoms with Gasteiger partial charge in [-0.2, -0.15) is 0 Å². The van der Waals surface area contributed by atoms with Crippen LogP contribution >= 0.6 is 11.6 Å². The fourth-order valence-corrected chi connectivity index (χ4v) is 3.37. The maximum Gasteiger partial charge on any atom is 0.267 e. The van der Waals surface area contributed by atoms with Crippen molar-refractivity contribution in [2.75, 3.05) is 7.11 Å². The molecule has 0 aromatic carbocycles. The van der Waals surface area contributed by atoms with Gasteiger partial charge in [-0.05, 0) is 18.9 Å². The van der Waals surface area contributed by atoms with E-state index in [4.69, 9.17) is 16.3 Å². The summed E-state index contributed by atoms with van der Waals surface area (Å²) in [4.78, 5) is 15.6. The van der Waals surface area contributed by atoms with E-state index >= 15 is 0 Å². The monoisotopic (exact) mass is 340 g/mol. The topological polar surface area (TPSA) is 85.4 Å². The van der Waals surface area contributed by atoms with Gasteiger partial charge in [-0.25, -0.2) is 26.9 Å².